The van der Waals surface area contributed by atoms with Crippen molar-refractivity contribution in [1.82, 2.24) is 9.97 Å². The number of hydrogen-bond donors (Lipinski definition) is 4. The van der Waals surface area contributed by atoms with Gasteiger partial charge in [0.2, 0.25) is 0 Å². The molecule has 2 rings (SSSR count). The summed E-state index contributed by atoms with van der Waals surface area (Å²) in [4.78, 5) is 26.6. The van der Waals surface area contributed by atoms with Crippen molar-refractivity contribution in [3.05, 3.63) is 28.7 Å². The number of carbonyl (C=O) groups is 1. The van der Waals surface area contributed by atoms with E-state index in [4.69, 9.17) is 5.73 Å². The van der Waals surface area contributed by atoms with Gasteiger partial charge in [0.25, 0.3) is 0 Å². The predicted molar refractivity (Wildman–Crippen MR) is 60.6 cm³/mol. The molecule has 6 nitrogen and oxygen atoms in total. The normalized spacial score (nSPS) is 10.3. The first-order chi connectivity index (χ1) is 6.65. The lowest BCUT2D eigenvalue weighted by Gasteiger charge is -1.99. The average molecular weight is 200 g/mol. The minimum absolute atomic E-state index is 0. The maximum Gasteiger partial charge on any atom is 0.323 e. The number of aromatic amines is 2. The maximum atomic E-state index is 10.9. The molecule has 5 N–H and O–H groups in total. The Bertz CT molecular complexity index is 553. The summed E-state index contributed by atoms with van der Waals surface area (Å²) in [5.41, 5.74) is 6.52. The monoisotopic (exact) mass is 200 g/mol. The Morgan fingerprint density at radius 2 is 2.07 bits per heavy atom. The highest BCUT2D eigenvalue weighted by Gasteiger charge is 2.00. The summed E-state index contributed by atoms with van der Waals surface area (Å²) in [5, 5.41) is 2.41. The third-order valence-electron chi connectivity index (χ3n) is 1.78. The second-order valence-electron chi connectivity index (χ2n) is 2.83. The zero-order chi connectivity index (χ0) is 10.1. The fourth-order valence-electron chi connectivity index (χ4n) is 1.25. The lowest BCUT2D eigenvalue weighted by molar-refractivity contribution is 0.259. The number of fused-ring (bicyclic) bond motifs is 1. The van der Waals surface area contributed by atoms with E-state index < -0.39 is 6.03 Å². The molecule has 0 fully saturated rings. The molecule has 0 unspecified atom stereocenters. The van der Waals surface area contributed by atoms with E-state index >= 15 is 0 Å². The molecule has 1 aromatic heterocycles. The number of imidazole rings is 1. The van der Waals surface area contributed by atoms with E-state index in [1.165, 1.54) is 0 Å². The van der Waals surface area contributed by atoms with Gasteiger partial charge in [-0.1, -0.05) is 0 Å². The first-order valence-electron chi connectivity index (χ1n) is 3.93. The molecule has 0 atom stereocenters. The summed E-state index contributed by atoms with van der Waals surface area (Å²) >= 11 is 0. The zero-order valence-corrected chi connectivity index (χ0v) is 7.13. The van der Waals surface area contributed by atoms with Crippen molar-refractivity contribution < 1.29 is 10.5 Å². The van der Waals surface area contributed by atoms with E-state index in [-0.39, 0.29) is 11.4 Å². The van der Waals surface area contributed by atoms with Crippen molar-refractivity contribution in [2.24, 2.45) is 5.73 Å². The maximum absolute atomic E-state index is 10.9. The van der Waals surface area contributed by atoms with Gasteiger partial charge in [0.15, 0.2) is 0 Å². The molecule has 0 bridgehead atoms. The highest BCUT2D eigenvalue weighted by atomic mass is 16.2. The summed E-state index contributed by atoms with van der Waals surface area (Å²) in [6.45, 7) is 0. The fourth-order valence-corrected chi connectivity index (χ4v) is 1.25. The van der Waals surface area contributed by atoms with Crippen molar-refractivity contribution in [3.63, 3.8) is 0 Å². The van der Waals surface area contributed by atoms with Crippen LogP contribution >= 0.6 is 0 Å². The highest BCUT2D eigenvalue weighted by molar-refractivity contribution is 5.90. The van der Waals surface area contributed by atoms with Crippen molar-refractivity contribution in [2.45, 2.75) is 0 Å². The molecule has 0 spiro atoms. The molecule has 1 heterocycles. The zero-order valence-electron chi connectivity index (χ0n) is 7.13. The van der Waals surface area contributed by atoms with Crippen LogP contribution in [0, 0.1) is 0 Å². The van der Waals surface area contributed by atoms with Crippen LogP contribution in [0.5, 0.6) is 0 Å². The Morgan fingerprint density at radius 1 is 1.36 bits per heavy atom. The number of anilines is 1. The van der Waals surface area contributed by atoms with Gasteiger partial charge in [-0.3, -0.25) is 0 Å². The fraction of sp³-hybridized carbons (Fsp3) is 0. The van der Waals surface area contributed by atoms with Crippen molar-refractivity contribution >= 4 is 22.8 Å². The number of carbonyl (C=O) groups excluding carboxylic acids is 1. The number of primary amides is 1. The number of H-pyrrole nitrogens is 2. The Morgan fingerprint density at radius 3 is 2.79 bits per heavy atom. The van der Waals surface area contributed by atoms with Gasteiger partial charge in [-0.25, -0.2) is 9.59 Å². The Labute approximate surface area is 84.1 Å². The van der Waals surface area contributed by atoms with Crippen LogP contribution in [0.1, 0.15) is 5.71 Å². The topological polar surface area (TPSA) is 104 Å². The van der Waals surface area contributed by atoms with Gasteiger partial charge in [-0.2, -0.15) is 0 Å². The van der Waals surface area contributed by atoms with Crippen LogP contribution in [-0.4, -0.2) is 16.0 Å². The van der Waals surface area contributed by atoms with Crippen LogP contribution in [0.25, 0.3) is 11.0 Å². The number of aromatic nitrogens is 2. The summed E-state index contributed by atoms with van der Waals surface area (Å²) in [6, 6.07) is 4.31. The van der Waals surface area contributed by atoms with Crippen LogP contribution in [0.3, 0.4) is 0 Å². The molecule has 0 saturated heterocycles. The molecule has 0 aliphatic heterocycles. The van der Waals surface area contributed by atoms with E-state index in [1.54, 1.807) is 18.2 Å². The van der Waals surface area contributed by atoms with Crippen LogP contribution in [-0.2, 0) is 0 Å². The van der Waals surface area contributed by atoms with E-state index in [9.17, 15) is 9.59 Å². The van der Waals surface area contributed by atoms with E-state index in [0.717, 1.165) is 0 Å². The van der Waals surface area contributed by atoms with Gasteiger partial charge in [0.1, 0.15) is 0 Å². The molecule has 80 valence electrons. The Kier molecular flexibility index (Phi) is 1.74. The van der Waals surface area contributed by atoms with Crippen LogP contribution in [0.2, 0.25) is 0 Å². The molecular formula is C8H16N4O2. The quantitative estimate of drug-likeness (QED) is 0.557. The first kappa shape index (κ1) is 8.36. The molecule has 6 heteroatoms. The van der Waals surface area contributed by atoms with Gasteiger partial charge in [0, 0.05) is 11.4 Å². The molecule has 14 heavy (non-hydrogen) atoms. The van der Waals surface area contributed by atoms with E-state index in [2.05, 4.69) is 15.3 Å². The van der Waals surface area contributed by atoms with Crippen molar-refractivity contribution in [3.8, 4) is 0 Å². The Balaban J connectivity index is -0.000000562. The van der Waals surface area contributed by atoms with Crippen LogP contribution < -0.4 is 16.7 Å². The van der Waals surface area contributed by atoms with E-state index in [0.29, 0.717) is 16.7 Å². The van der Waals surface area contributed by atoms with E-state index in [1.807, 2.05) is 0 Å². The molecule has 1 aromatic carbocycles. The largest absolute Gasteiger partial charge is 0.351 e. The number of rotatable bonds is 1. The van der Waals surface area contributed by atoms with Gasteiger partial charge < -0.3 is 21.0 Å². The minimum Gasteiger partial charge on any atom is -0.351 e. The third-order valence-corrected chi connectivity index (χ3v) is 1.78. The second kappa shape index (κ2) is 2.91. The molecule has 0 aliphatic carbocycles. The van der Waals surface area contributed by atoms with Crippen molar-refractivity contribution in [1.29, 1.82) is 0 Å². The summed E-state index contributed by atoms with van der Waals surface area (Å²) in [7, 11) is 0. The number of urea groups is 1. The molecule has 0 saturated carbocycles. The third kappa shape index (κ3) is 1.45. The number of amides is 2. The number of benzene rings is 1. The molecule has 0 radical (unpaired) electrons. The molecular weight excluding hydrogens is 184 g/mol. The number of nitrogens with two attached hydrogens (primary N) is 1. The first-order valence-corrected chi connectivity index (χ1v) is 3.93. The standard InChI is InChI=1S/C8H8N4O2.4H2/c9-7(13)10-4-1-2-5-6(3-4)12-8(14)11-5;;;;/h1-3H,(H3,9,10,13)(H2,11,12,14);4*1H. The number of hydrogen-bond acceptors (Lipinski definition) is 2. The molecule has 2 aromatic rings. The second-order valence-corrected chi connectivity index (χ2v) is 2.83. The van der Waals surface area contributed by atoms with Crippen molar-refractivity contribution in [2.75, 3.05) is 5.32 Å². The lowest BCUT2D eigenvalue weighted by atomic mass is 10.3. The van der Waals surface area contributed by atoms with Gasteiger partial charge in [0.05, 0.1) is 11.0 Å². The lowest BCUT2D eigenvalue weighted by Crippen LogP contribution is -2.19. The summed E-state index contributed by atoms with van der Waals surface area (Å²) in [5.74, 6) is 0. The average Bonchev–Trinajstić information content (AvgIpc) is 2.42. The minimum atomic E-state index is -0.637. The van der Waals surface area contributed by atoms with Gasteiger partial charge in [-0.15, -0.1) is 0 Å². The smallest absolute Gasteiger partial charge is 0.323 e. The van der Waals surface area contributed by atoms with Crippen LogP contribution in [0.4, 0.5) is 10.5 Å². The highest BCUT2D eigenvalue weighted by Crippen LogP contribution is 2.13. The number of nitrogens with one attached hydrogen (secondary N) is 3. The summed E-state index contributed by atoms with van der Waals surface area (Å²) < 4.78 is 0. The van der Waals surface area contributed by atoms with Gasteiger partial charge in [-0.05, 0) is 18.2 Å². The summed E-state index contributed by atoms with van der Waals surface area (Å²) in [6.07, 6.45) is 0. The molecule has 0 aliphatic rings. The Hall–Kier alpha value is -2.24. The predicted octanol–water partition coefficient (Wildman–Crippen LogP) is 1.33. The van der Waals surface area contributed by atoms with Gasteiger partial charge >= 0.3 is 11.7 Å². The SMILES string of the molecule is NC(=O)Nc1ccc2[nH]c(=O)[nH]c2c1.[HH].[HH].[HH].[HH]. The molecule has 2 amide bonds. The van der Waals surface area contributed by atoms with Crippen LogP contribution in [0.15, 0.2) is 23.0 Å².